The van der Waals surface area contributed by atoms with E-state index in [-0.39, 0.29) is 17.5 Å². The van der Waals surface area contributed by atoms with Crippen molar-refractivity contribution < 1.29 is 14.7 Å². The number of aromatic carboxylic acids is 1. The van der Waals surface area contributed by atoms with E-state index < -0.39 is 5.97 Å². The van der Waals surface area contributed by atoms with Crippen LogP contribution in [0.4, 0.5) is 0 Å². The SMILES string of the molecule is C[C@@H](NC(=O)c1cc(-c2ccccc2C(=O)O)ccc1Cl)C1CCCCC1. The summed E-state index contributed by atoms with van der Waals surface area (Å²) < 4.78 is 0. The molecule has 2 N–H and O–H groups in total. The molecule has 27 heavy (non-hydrogen) atoms. The van der Waals surface area contributed by atoms with Gasteiger partial charge in [-0.05, 0) is 55.0 Å². The molecule has 0 aromatic heterocycles. The molecule has 0 saturated heterocycles. The van der Waals surface area contributed by atoms with Crippen LogP contribution in [0.5, 0.6) is 0 Å². The van der Waals surface area contributed by atoms with Gasteiger partial charge in [-0.25, -0.2) is 4.79 Å². The molecule has 2 aromatic rings. The van der Waals surface area contributed by atoms with Crippen molar-refractivity contribution in [3.8, 4) is 11.1 Å². The summed E-state index contributed by atoms with van der Waals surface area (Å²) in [4.78, 5) is 24.3. The van der Waals surface area contributed by atoms with E-state index in [4.69, 9.17) is 11.6 Å². The molecule has 3 rings (SSSR count). The minimum atomic E-state index is -1.00. The van der Waals surface area contributed by atoms with Crippen molar-refractivity contribution in [3.05, 3.63) is 58.6 Å². The smallest absolute Gasteiger partial charge is 0.336 e. The molecule has 1 saturated carbocycles. The lowest BCUT2D eigenvalue weighted by atomic mass is 9.84. The highest BCUT2D eigenvalue weighted by Gasteiger charge is 2.23. The lowest BCUT2D eigenvalue weighted by Gasteiger charge is -2.28. The Kier molecular flexibility index (Phi) is 6.17. The fraction of sp³-hybridized carbons (Fsp3) is 0.364. The Hall–Kier alpha value is -2.33. The number of carboxylic acids is 1. The van der Waals surface area contributed by atoms with Gasteiger partial charge in [-0.1, -0.05) is 55.1 Å². The monoisotopic (exact) mass is 385 g/mol. The molecule has 4 nitrogen and oxygen atoms in total. The van der Waals surface area contributed by atoms with Crippen LogP contribution in [0.25, 0.3) is 11.1 Å². The minimum Gasteiger partial charge on any atom is -0.478 e. The molecule has 1 amide bonds. The summed E-state index contributed by atoms with van der Waals surface area (Å²) in [5, 5.41) is 12.9. The fourth-order valence-electron chi connectivity index (χ4n) is 3.82. The van der Waals surface area contributed by atoms with Crippen molar-refractivity contribution in [1.82, 2.24) is 5.32 Å². The summed E-state index contributed by atoms with van der Waals surface area (Å²) in [6, 6.07) is 11.9. The van der Waals surface area contributed by atoms with Gasteiger partial charge in [0.25, 0.3) is 5.91 Å². The topological polar surface area (TPSA) is 66.4 Å². The van der Waals surface area contributed by atoms with Crippen LogP contribution in [-0.4, -0.2) is 23.0 Å². The summed E-state index contributed by atoms with van der Waals surface area (Å²) in [6.07, 6.45) is 5.98. The van der Waals surface area contributed by atoms with Crippen LogP contribution in [0.3, 0.4) is 0 Å². The quantitative estimate of drug-likeness (QED) is 0.723. The predicted molar refractivity (Wildman–Crippen MR) is 107 cm³/mol. The first-order chi connectivity index (χ1) is 13.0. The number of amides is 1. The number of hydrogen-bond acceptors (Lipinski definition) is 2. The lowest BCUT2D eigenvalue weighted by Crippen LogP contribution is -2.39. The number of halogens is 1. The molecule has 0 aliphatic heterocycles. The standard InChI is InChI=1S/C22H24ClNO3/c1-14(15-7-3-2-4-8-15)24-21(25)19-13-16(11-12-20(19)23)17-9-5-6-10-18(17)22(26)27/h5-6,9-15H,2-4,7-8H2,1H3,(H,24,25)(H,26,27)/t14-/m1/s1. The van der Waals surface area contributed by atoms with Gasteiger partial charge in [0.05, 0.1) is 16.1 Å². The number of carbonyl (C=O) groups is 2. The van der Waals surface area contributed by atoms with E-state index in [1.54, 1.807) is 42.5 Å². The number of carboxylic acid groups (broad SMARTS) is 1. The second-order valence-electron chi connectivity index (χ2n) is 7.21. The number of carbonyl (C=O) groups excluding carboxylic acids is 1. The van der Waals surface area contributed by atoms with Gasteiger partial charge in [0.15, 0.2) is 0 Å². The Balaban J connectivity index is 1.85. The van der Waals surface area contributed by atoms with Crippen molar-refractivity contribution in [2.24, 2.45) is 5.92 Å². The van der Waals surface area contributed by atoms with Crippen LogP contribution < -0.4 is 5.32 Å². The molecule has 0 heterocycles. The molecule has 1 aliphatic carbocycles. The number of nitrogens with one attached hydrogen (secondary N) is 1. The first-order valence-electron chi connectivity index (χ1n) is 9.40. The largest absolute Gasteiger partial charge is 0.478 e. The Morgan fingerprint density at radius 2 is 1.78 bits per heavy atom. The average molecular weight is 386 g/mol. The highest BCUT2D eigenvalue weighted by molar-refractivity contribution is 6.34. The van der Waals surface area contributed by atoms with Gasteiger partial charge < -0.3 is 10.4 Å². The predicted octanol–water partition coefficient (Wildman–Crippen LogP) is 5.40. The second-order valence-corrected chi connectivity index (χ2v) is 7.61. The maximum absolute atomic E-state index is 12.8. The van der Waals surface area contributed by atoms with E-state index in [0.29, 0.717) is 27.6 Å². The molecule has 0 radical (unpaired) electrons. The second kappa shape index (κ2) is 8.57. The van der Waals surface area contributed by atoms with Crippen LogP contribution >= 0.6 is 11.6 Å². The number of hydrogen-bond donors (Lipinski definition) is 2. The highest BCUT2D eigenvalue weighted by atomic mass is 35.5. The zero-order chi connectivity index (χ0) is 19.4. The van der Waals surface area contributed by atoms with Crippen molar-refractivity contribution >= 4 is 23.5 Å². The molecule has 0 spiro atoms. The van der Waals surface area contributed by atoms with Gasteiger partial charge in [-0.15, -0.1) is 0 Å². The first-order valence-corrected chi connectivity index (χ1v) is 9.78. The molecule has 5 heteroatoms. The van der Waals surface area contributed by atoms with E-state index in [1.807, 2.05) is 6.92 Å². The van der Waals surface area contributed by atoms with Crippen molar-refractivity contribution in [2.45, 2.75) is 45.1 Å². The summed E-state index contributed by atoms with van der Waals surface area (Å²) in [5.41, 5.74) is 1.79. The Morgan fingerprint density at radius 1 is 1.07 bits per heavy atom. The van der Waals surface area contributed by atoms with Gasteiger partial charge in [-0.2, -0.15) is 0 Å². The third-order valence-corrected chi connectivity index (χ3v) is 5.72. The summed E-state index contributed by atoms with van der Waals surface area (Å²) in [5.74, 6) is -0.720. The zero-order valence-electron chi connectivity index (χ0n) is 15.4. The van der Waals surface area contributed by atoms with E-state index in [9.17, 15) is 14.7 Å². The van der Waals surface area contributed by atoms with Crippen molar-refractivity contribution in [3.63, 3.8) is 0 Å². The van der Waals surface area contributed by atoms with E-state index in [1.165, 1.54) is 19.3 Å². The van der Waals surface area contributed by atoms with Gasteiger partial charge >= 0.3 is 5.97 Å². The van der Waals surface area contributed by atoms with E-state index in [0.717, 1.165) is 12.8 Å². The van der Waals surface area contributed by atoms with Crippen LogP contribution in [0, 0.1) is 5.92 Å². The Morgan fingerprint density at radius 3 is 2.48 bits per heavy atom. The van der Waals surface area contributed by atoms with Crippen LogP contribution in [-0.2, 0) is 0 Å². The number of rotatable bonds is 5. The third-order valence-electron chi connectivity index (χ3n) is 5.40. The molecule has 2 aromatic carbocycles. The maximum atomic E-state index is 12.8. The molecular formula is C22H24ClNO3. The highest BCUT2D eigenvalue weighted by Crippen LogP contribution is 2.29. The van der Waals surface area contributed by atoms with Gasteiger partial charge in [0.2, 0.25) is 0 Å². The molecule has 1 fully saturated rings. The van der Waals surface area contributed by atoms with Gasteiger partial charge in [0, 0.05) is 6.04 Å². The minimum absolute atomic E-state index is 0.0869. The molecular weight excluding hydrogens is 362 g/mol. The van der Waals surface area contributed by atoms with Crippen molar-refractivity contribution in [1.29, 1.82) is 0 Å². The molecule has 1 atom stereocenters. The maximum Gasteiger partial charge on any atom is 0.336 e. The molecule has 1 aliphatic rings. The van der Waals surface area contributed by atoms with Crippen LogP contribution in [0.15, 0.2) is 42.5 Å². The Bertz CT molecular complexity index is 843. The lowest BCUT2D eigenvalue weighted by molar-refractivity contribution is 0.0697. The molecule has 142 valence electrons. The third kappa shape index (κ3) is 4.51. The summed E-state index contributed by atoms with van der Waals surface area (Å²) in [6.45, 7) is 2.05. The average Bonchev–Trinajstić information content (AvgIpc) is 2.69. The Labute approximate surface area is 164 Å². The summed E-state index contributed by atoms with van der Waals surface area (Å²) in [7, 11) is 0. The molecule has 0 bridgehead atoms. The van der Waals surface area contributed by atoms with E-state index >= 15 is 0 Å². The van der Waals surface area contributed by atoms with Gasteiger partial charge in [0.1, 0.15) is 0 Å². The number of benzene rings is 2. The van der Waals surface area contributed by atoms with Crippen LogP contribution in [0.1, 0.15) is 59.7 Å². The first kappa shape index (κ1) is 19.4. The fourth-order valence-corrected chi connectivity index (χ4v) is 4.03. The normalized spacial score (nSPS) is 15.9. The van der Waals surface area contributed by atoms with Crippen LogP contribution in [0.2, 0.25) is 5.02 Å². The molecule has 0 unspecified atom stereocenters. The van der Waals surface area contributed by atoms with Crippen molar-refractivity contribution in [2.75, 3.05) is 0 Å². The van der Waals surface area contributed by atoms with E-state index in [2.05, 4.69) is 5.32 Å². The van der Waals surface area contributed by atoms with Gasteiger partial charge in [-0.3, -0.25) is 4.79 Å². The zero-order valence-corrected chi connectivity index (χ0v) is 16.1. The summed E-state index contributed by atoms with van der Waals surface area (Å²) >= 11 is 6.27.